The highest BCUT2D eigenvalue weighted by Gasteiger charge is 2.45. The van der Waals surface area contributed by atoms with Crippen molar-refractivity contribution in [1.82, 2.24) is 19.5 Å². The minimum absolute atomic E-state index is 0.171. The number of aryl methyl sites for hydroxylation is 1. The van der Waals surface area contributed by atoms with Crippen LogP contribution < -0.4 is 21.5 Å². The number of aromatic nitrogens is 2. The van der Waals surface area contributed by atoms with Crippen molar-refractivity contribution in [3.63, 3.8) is 0 Å². The van der Waals surface area contributed by atoms with Crippen LogP contribution in [-0.2, 0) is 21.7 Å². The van der Waals surface area contributed by atoms with E-state index in [1.807, 2.05) is 0 Å². The molecule has 0 aliphatic carbocycles. The molecule has 1 aromatic heterocycles. The number of urea groups is 1. The number of carbonyl (C=O) groups is 1. The summed E-state index contributed by atoms with van der Waals surface area (Å²) in [6.45, 7) is 2.52. The van der Waals surface area contributed by atoms with Gasteiger partial charge in [0, 0.05) is 25.4 Å². The fourth-order valence-electron chi connectivity index (χ4n) is 5.38. The maximum atomic E-state index is 12.0. The molecule has 2 aliphatic rings. The summed E-state index contributed by atoms with van der Waals surface area (Å²) >= 11 is 0. The zero-order valence-corrected chi connectivity index (χ0v) is 25.8. The standard InChI is InChI=1S/C21H20P.C11H12N4O6S/c1-2-18-22(19-12-6-3-7-13-19,20-14-8-4-9-15-20)21-16-10-5-11-17-21;1-13-5-8(12-4-10(13)16)7-2-3-14-6-9(7)15(11(14)17)21-22(18,19)20/h2-18H,1H3;2,4-5,9H,3,6H2,1H3,(H,18,19,20)/q+1;/p-1. The molecular weight excluding hydrogens is 599 g/mol. The highest BCUT2D eigenvalue weighted by atomic mass is 32.3. The number of carbonyl (C=O) groups excluding carboxylic acids is 1. The Morgan fingerprint density at radius 2 is 1.43 bits per heavy atom. The van der Waals surface area contributed by atoms with Crippen molar-refractivity contribution in [1.29, 1.82) is 0 Å². The number of amides is 2. The monoisotopic (exact) mass is 630 g/mol. The van der Waals surface area contributed by atoms with E-state index in [0.29, 0.717) is 16.3 Å². The topological polar surface area (TPSA) is 125 Å². The Labute approximate surface area is 256 Å². The second-order valence-electron chi connectivity index (χ2n) is 10.1. The van der Waals surface area contributed by atoms with Gasteiger partial charge < -0.3 is 14.0 Å². The summed E-state index contributed by atoms with van der Waals surface area (Å²) in [5, 5.41) is 4.72. The number of fused-ring (bicyclic) bond motifs is 2. The summed E-state index contributed by atoms with van der Waals surface area (Å²) in [5.74, 6) is 2.41. The number of nitrogens with zero attached hydrogens (tertiary/aromatic N) is 4. The van der Waals surface area contributed by atoms with Crippen LogP contribution in [-0.4, -0.2) is 57.6 Å². The largest absolute Gasteiger partial charge is 0.724 e. The smallest absolute Gasteiger partial charge is 0.346 e. The second-order valence-corrected chi connectivity index (χ2v) is 14.4. The number of hydrogen-bond donors (Lipinski definition) is 0. The summed E-state index contributed by atoms with van der Waals surface area (Å²) in [5.41, 5.74) is 0.610. The van der Waals surface area contributed by atoms with Crippen molar-refractivity contribution in [3.05, 3.63) is 137 Å². The van der Waals surface area contributed by atoms with Gasteiger partial charge in [0.2, 0.25) is 10.4 Å². The van der Waals surface area contributed by atoms with Gasteiger partial charge in [0.25, 0.3) is 5.56 Å². The van der Waals surface area contributed by atoms with E-state index in [0.717, 1.165) is 6.20 Å². The Balaban J connectivity index is 0.000000175. The number of benzene rings is 3. The quantitative estimate of drug-likeness (QED) is 0.175. The van der Waals surface area contributed by atoms with E-state index in [9.17, 15) is 22.6 Å². The lowest BCUT2D eigenvalue weighted by Gasteiger charge is -2.24. The lowest BCUT2D eigenvalue weighted by atomic mass is 10.0. The van der Waals surface area contributed by atoms with E-state index in [4.69, 9.17) is 0 Å². The number of hydrogen-bond acceptors (Lipinski definition) is 7. The molecule has 1 fully saturated rings. The maximum Gasteiger partial charge on any atom is 0.346 e. The molecule has 3 aromatic carbocycles. The van der Waals surface area contributed by atoms with E-state index >= 15 is 0 Å². The van der Waals surface area contributed by atoms with Gasteiger partial charge in [0.15, 0.2) is 0 Å². The predicted molar refractivity (Wildman–Crippen MR) is 171 cm³/mol. The van der Waals surface area contributed by atoms with Crippen molar-refractivity contribution in [2.75, 3.05) is 13.1 Å². The molecule has 12 heteroatoms. The molecule has 3 heterocycles. The van der Waals surface area contributed by atoms with Crippen LogP contribution in [0.2, 0.25) is 0 Å². The van der Waals surface area contributed by atoms with Gasteiger partial charge in [-0.2, -0.15) is 9.35 Å². The Kier molecular flexibility index (Phi) is 9.22. The fourth-order valence-corrected chi connectivity index (χ4v) is 9.53. The first-order chi connectivity index (χ1) is 21.1. The van der Waals surface area contributed by atoms with Crippen LogP contribution in [0.3, 0.4) is 0 Å². The van der Waals surface area contributed by atoms with Crippen molar-refractivity contribution in [2.45, 2.75) is 13.0 Å². The zero-order valence-electron chi connectivity index (χ0n) is 24.1. The Bertz CT molecular complexity index is 1750. The van der Waals surface area contributed by atoms with Gasteiger partial charge in [-0.25, -0.2) is 18.2 Å². The van der Waals surface area contributed by atoms with Crippen LogP contribution in [0.25, 0.3) is 5.57 Å². The first-order valence-corrected chi connectivity index (χ1v) is 17.0. The van der Waals surface area contributed by atoms with Gasteiger partial charge in [0.1, 0.15) is 29.2 Å². The summed E-state index contributed by atoms with van der Waals surface area (Å²) < 4.78 is 37.9. The lowest BCUT2D eigenvalue weighted by molar-refractivity contribution is -0.0172. The van der Waals surface area contributed by atoms with Crippen LogP contribution in [0.15, 0.2) is 126 Å². The van der Waals surface area contributed by atoms with Gasteiger partial charge in [0.05, 0.1) is 24.3 Å². The molecule has 1 saturated heterocycles. The average Bonchev–Trinajstić information content (AvgIpc) is 3.26. The second kappa shape index (κ2) is 13.1. The summed E-state index contributed by atoms with van der Waals surface area (Å²) in [6, 6.07) is 31.1. The number of allylic oxidation sites excluding steroid dienone is 1. The molecule has 1 unspecified atom stereocenters. The first kappa shape index (κ1) is 31.0. The van der Waals surface area contributed by atoms with Crippen LogP contribution in [0.1, 0.15) is 12.6 Å². The highest BCUT2D eigenvalue weighted by molar-refractivity contribution is 7.98. The molecule has 2 bridgehead atoms. The molecule has 0 saturated carbocycles. The fraction of sp³-hybridized carbons (Fsp3) is 0.156. The Hall–Kier alpha value is -4.41. The maximum absolute atomic E-state index is 12.0. The van der Waals surface area contributed by atoms with E-state index < -0.39 is 29.7 Å². The van der Waals surface area contributed by atoms with Crippen LogP contribution in [0, 0.1) is 0 Å². The van der Waals surface area contributed by atoms with Crippen LogP contribution in [0.4, 0.5) is 4.79 Å². The third-order valence-corrected chi connectivity index (χ3v) is 11.8. The van der Waals surface area contributed by atoms with E-state index in [2.05, 4.69) is 119 Å². The SMILES string of the molecule is CC=C[P+](c1ccccc1)(c1ccccc1)c1ccccc1.Cn1cc(C2=CCN3CC2N(OS(=O)(=O)[O-])C3=O)ncc1=O. The van der Waals surface area contributed by atoms with Crippen LogP contribution >= 0.6 is 7.26 Å². The van der Waals surface area contributed by atoms with Crippen LogP contribution in [0.5, 0.6) is 0 Å². The van der Waals surface area contributed by atoms with E-state index in [1.165, 1.54) is 31.6 Å². The Morgan fingerprint density at radius 1 is 0.909 bits per heavy atom. The molecule has 0 radical (unpaired) electrons. The molecule has 6 rings (SSSR count). The van der Waals surface area contributed by atoms with E-state index in [1.54, 1.807) is 13.1 Å². The predicted octanol–water partition coefficient (Wildman–Crippen LogP) is 3.19. The molecule has 2 aliphatic heterocycles. The number of hydroxylamine groups is 2. The van der Waals surface area contributed by atoms with Crippen molar-refractivity contribution < 1.29 is 22.0 Å². The van der Waals surface area contributed by atoms with Gasteiger partial charge in [-0.3, -0.25) is 4.79 Å². The van der Waals surface area contributed by atoms with Gasteiger partial charge in [-0.1, -0.05) is 66.7 Å². The lowest BCUT2D eigenvalue weighted by Crippen LogP contribution is -2.36. The average molecular weight is 631 g/mol. The van der Waals surface area contributed by atoms with Gasteiger partial charge >= 0.3 is 6.03 Å². The molecule has 1 atom stereocenters. The minimum Gasteiger partial charge on any atom is -0.724 e. The summed E-state index contributed by atoms with van der Waals surface area (Å²) in [7, 11) is -5.27. The molecule has 4 aromatic rings. The molecule has 2 amide bonds. The normalized spacial score (nSPS) is 16.5. The Morgan fingerprint density at radius 3 is 1.89 bits per heavy atom. The van der Waals surface area contributed by atoms with E-state index in [-0.39, 0.29) is 18.6 Å². The molecule has 44 heavy (non-hydrogen) atoms. The van der Waals surface area contributed by atoms with Crippen molar-refractivity contribution in [3.8, 4) is 0 Å². The molecule has 0 spiro atoms. The molecule has 0 N–H and O–H groups in total. The summed E-state index contributed by atoms with van der Waals surface area (Å²) in [4.78, 5) is 28.7. The van der Waals surface area contributed by atoms with Gasteiger partial charge in [-0.05, 0) is 43.3 Å². The third kappa shape index (κ3) is 6.41. The number of rotatable bonds is 7. The third-order valence-electron chi connectivity index (χ3n) is 7.33. The van der Waals surface area contributed by atoms with Gasteiger partial charge in [-0.15, -0.1) is 0 Å². The van der Waals surface area contributed by atoms with Crippen molar-refractivity contribution in [2.24, 2.45) is 7.05 Å². The zero-order chi connectivity index (χ0) is 31.3. The van der Waals surface area contributed by atoms with Crippen molar-refractivity contribution >= 4 is 45.2 Å². The highest BCUT2D eigenvalue weighted by Crippen LogP contribution is 2.56. The molecule has 10 nitrogen and oxygen atoms in total. The minimum atomic E-state index is -5.07. The first-order valence-electron chi connectivity index (χ1n) is 13.8. The summed E-state index contributed by atoms with van der Waals surface area (Å²) in [6.07, 6.45) is 6.46. The molecule has 226 valence electrons. The molecular formula is C32H31N4O6PS.